The van der Waals surface area contributed by atoms with Gasteiger partial charge in [0, 0.05) is 24.7 Å². The van der Waals surface area contributed by atoms with E-state index in [-0.39, 0.29) is 11.9 Å². The minimum atomic E-state index is -0.0899. The first-order valence-electron chi connectivity index (χ1n) is 7.72. The van der Waals surface area contributed by atoms with Gasteiger partial charge >= 0.3 is 0 Å². The average molecular weight is 299 g/mol. The summed E-state index contributed by atoms with van der Waals surface area (Å²) in [4.78, 5) is 18.9. The first kappa shape index (κ1) is 14.8. The van der Waals surface area contributed by atoms with Crippen LogP contribution in [0.5, 0.6) is 0 Å². The highest BCUT2D eigenvalue weighted by molar-refractivity contribution is 5.92. The van der Waals surface area contributed by atoms with Crippen LogP contribution in [0.25, 0.3) is 11.5 Å². The summed E-state index contributed by atoms with van der Waals surface area (Å²) in [6.07, 6.45) is 3.56. The lowest BCUT2D eigenvalue weighted by Gasteiger charge is -2.39. The molecular weight excluding hydrogens is 278 g/mol. The maximum atomic E-state index is 12.7. The normalized spacial score (nSPS) is 21.8. The molecule has 5 nitrogen and oxygen atoms in total. The predicted molar refractivity (Wildman–Crippen MR) is 84.2 cm³/mol. The van der Waals surface area contributed by atoms with Crippen molar-refractivity contribution in [2.75, 3.05) is 13.1 Å². The second-order valence-electron chi connectivity index (χ2n) is 5.83. The Morgan fingerprint density at radius 2 is 2.18 bits per heavy atom. The van der Waals surface area contributed by atoms with Crippen LogP contribution in [0.2, 0.25) is 0 Å². The van der Waals surface area contributed by atoms with Gasteiger partial charge in [-0.05, 0) is 30.9 Å². The van der Waals surface area contributed by atoms with Crippen molar-refractivity contribution in [3.05, 3.63) is 42.3 Å². The number of hydrogen-bond acceptors (Lipinski definition) is 4. The lowest BCUT2D eigenvalue weighted by atomic mass is 9.90. The summed E-state index contributed by atoms with van der Waals surface area (Å²) in [6.45, 7) is 3.37. The Bertz CT molecular complexity index is 638. The predicted octanol–water partition coefficient (Wildman–Crippen LogP) is 2.54. The fourth-order valence-electron chi connectivity index (χ4n) is 3.09. The quantitative estimate of drug-likeness (QED) is 0.945. The van der Waals surface area contributed by atoms with Crippen molar-refractivity contribution in [3.63, 3.8) is 0 Å². The van der Waals surface area contributed by atoms with Gasteiger partial charge in [0.1, 0.15) is 6.26 Å². The van der Waals surface area contributed by atoms with Gasteiger partial charge in [-0.25, -0.2) is 4.98 Å². The maximum Gasteiger partial charge on any atom is 0.276 e. The molecule has 1 fully saturated rings. The Labute approximate surface area is 130 Å². The summed E-state index contributed by atoms with van der Waals surface area (Å²) in [7, 11) is 0. The van der Waals surface area contributed by atoms with Crippen LogP contribution in [0.4, 0.5) is 0 Å². The van der Waals surface area contributed by atoms with Crippen molar-refractivity contribution < 1.29 is 9.21 Å². The minimum absolute atomic E-state index is 0.0816. The number of rotatable bonds is 3. The van der Waals surface area contributed by atoms with Crippen molar-refractivity contribution in [2.24, 2.45) is 11.7 Å². The number of carbonyl (C=O) groups is 1. The number of benzene rings is 1. The van der Waals surface area contributed by atoms with E-state index in [9.17, 15) is 4.79 Å². The van der Waals surface area contributed by atoms with Crippen LogP contribution < -0.4 is 5.73 Å². The number of piperidine rings is 1. The third-order valence-electron chi connectivity index (χ3n) is 4.36. The van der Waals surface area contributed by atoms with Crippen LogP contribution >= 0.6 is 0 Å². The molecule has 1 aliphatic rings. The van der Waals surface area contributed by atoms with Crippen molar-refractivity contribution >= 4 is 5.91 Å². The van der Waals surface area contributed by atoms with E-state index in [1.165, 1.54) is 6.26 Å². The number of nitrogens with two attached hydrogens (primary N) is 1. The molecule has 2 aromatic rings. The van der Waals surface area contributed by atoms with E-state index in [2.05, 4.69) is 11.9 Å². The first-order valence-corrected chi connectivity index (χ1v) is 7.72. The van der Waals surface area contributed by atoms with Crippen LogP contribution in [0, 0.1) is 5.92 Å². The lowest BCUT2D eigenvalue weighted by molar-refractivity contribution is 0.0526. The zero-order chi connectivity index (χ0) is 15.5. The molecule has 1 saturated heterocycles. The van der Waals surface area contributed by atoms with Crippen molar-refractivity contribution in [3.8, 4) is 11.5 Å². The highest BCUT2D eigenvalue weighted by atomic mass is 16.3. The number of amides is 1. The van der Waals surface area contributed by atoms with Gasteiger partial charge in [0.05, 0.1) is 0 Å². The summed E-state index contributed by atoms with van der Waals surface area (Å²) in [5.74, 6) is 0.800. The minimum Gasteiger partial charge on any atom is -0.444 e. The number of oxazole rings is 1. The van der Waals surface area contributed by atoms with Gasteiger partial charge in [0.15, 0.2) is 5.69 Å². The molecule has 2 atom stereocenters. The molecule has 1 amide bonds. The van der Waals surface area contributed by atoms with Crippen LogP contribution in [0.1, 0.15) is 30.3 Å². The second-order valence-corrected chi connectivity index (χ2v) is 5.83. The summed E-state index contributed by atoms with van der Waals surface area (Å²) in [5, 5.41) is 0. The van der Waals surface area contributed by atoms with Crippen molar-refractivity contribution in [1.29, 1.82) is 0 Å². The maximum absolute atomic E-state index is 12.7. The van der Waals surface area contributed by atoms with Gasteiger partial charge in [-0.2, -0.15) is 0 Å². The van der Waals surface area contributed by atoms with Gasteiger partial charge in [0.2, 0.25) is 5.89 Å². The Morgan fingerprint density at radius 3 is 2.91 bits per heavy atom. The van der Waals surface area contributed by atoms with E-state index in [0.29, 0.717) is 24.0 Å². The smallest absolute Gasteiger partial charge is 0.276 e. The Hall–Kier alpha value is -2.14. The molecule has 116 valence electrons. The second kappa shape index (κ2) is 6.32. The summed E-state index contributed by atoms with van der Waals surface area (Å²) < 4.78 is 5.47. The summed E-state index contributed by atoms with van der Waals surface area (Å²) >= 11 is 0. The molecular formula is C17H21N3O2. The molecule has 22 heavy (non-hydrogen) atoms. The van der Waals surface area contributed by atoms with Crippen LogP contribution in [-0.2, 0) is 0 Å². The number of aromatic nitrogens is 1. The zero-order valence-electron chi connectivity index (χ0n) is 12.7. The Morgan fingerprint density at radius 1 is 1.41 bits per heavy atom. The Balaban J connectivity index is 1.82. The van der Waals surface area contributed by atoms with Crippen LogP contribution in [-0.4, -0.2) is 34.9 Å². The average Bonchev–Trinajstić information content (AvgIpc) is 3.05. The van der Waals surface area contributed by atoms with E-state index in [0.717, 1.165) is 24.9 Å². The molecule has 5 heteroatoms. The van der Waals surface area contributed by atoms with Gasteiger partial charge in [-0.15, -0.1) is 0 Å². The molecule has 0 spiro atoms. The van der Waals surface area contributed by atoms with E-state index >= 15 is 0 Å². The third kappa shape index (κ3) is 2.76. The van der Waals surface area contributed by atoms with Crippen molar-refractivity contribution in [1.82, 2.24) is 9.88 Å². The molecule has 0 radical (unpaired) electrons. The Kier molecular flexibility index (Phi) is 4.24. The molecule has 1 aromatic carbocycles. The molecule has 0 bridgehead atoms. The number of nitrogens with zero attached hydrogens (tertiary/aromatic N) is 2. The lowest BCUT2D eigenvalue weighted by Crippen LogP contribution is -2.51. The molecule has 0 aliphatic carbocycles. The summed E-state index contributed by atoms with van der Waals surface area (Å²) in [6, 6.07) is 9.66. The first-order chi connectivity index (χ1) is 10.7. The topological polar surface area (TPSA) is 72.4 Å². The molecule has 0 saturated carbocycles. The molecule has 0 unspecified atom stereocenters. The standard InChI is InChI=1S/C17H21N3O2/c1-12-6-5-9-20(15(12)10-18)17(21)14-11-22-16(19-14)13-7-3-2-4-8-13/h2-4,7-8,11-12,15H,5-6,9-10,18H2,1H3/t12-,15+/m0/s1. The number of likely N-dealkylation sites (tertiary alicyclic amines) is 1. The van der Waals surface area contributed by atoms with Crippen LogP contribution in [0.3, 0.4) is 0 Å². The molecule has 2 heterocycles. The van der Waals surface area contributed by atoms with E-state index in [4.69, 9.17) is 10.2 Å². The molecule has 3 rings (SSSR count). The zero-order valence-corrected chi connectivity index (χ0v) is 12.7. The summed E-state index contributed by atoms with van der Waals surface area (Å²) in [5.41, 5.74) is 7.08. The number of hydrogen-bond donors (Lipinski definition) is 1. The highest BCUT2D eigenvalue weighted by Crippen LogP contribution is 2.25. The highest BCUT2D eigenvalue weighted by Gasteiger charge is 2.32. The van der Waals surface area contributed by atoms with E-state index in [1.807, 2.05) is 35.2 Å². The fraction of sp³-hybridized carbons (Fsp3) is 0.412. The SMILES string of the molecule is C[C@H]1CCCN(C(=O)c2coc(-c3ccccc3)n2)[C@@H]1CN. The van der Waals surface area contributed by atoms with Crippen molar-refractivity contribution in [2.45, 2.75) is 25.8 Å². The van der Waals surface area contributed by atoms with E-state index in [1.54, 1.807) is 0 Å². The third-order valence-corrected chi connectivity index (χ3v) is 4.36. The largest absolute Gasteiger partial charge is 0.444 e. The van der Waals surface area contributed by atoms with Crippen LogP contribution in [0.15, 0.2) is 41.0 Å². The molecule has 1 aromatic heterocycles. The molecule has 1 aliphatic heterocycles. The number of carbonyl (C=O) groups excluding carboxylic acids is 1. The fourth-order valence-corrected chi connectivity index (χ4v) is 3.09. The monoisotopic (exact) mass is 299 g/mol. The van der Waals surface area contributed by atoms with E-state index < -0.39 is 0 Å². The van der Waals surface area contributed by atoms with Gasteiger partial charge in [-0.3, -0.25) is 4.79 Å². The van der Waals surface area contributed by atoms with Gasteiger partial charge in [-0.1, -0.05) is 25.1 Å². The van der Waals surface area contributed by atoms with Gasteiger partial charge < -0.3 is 15.1 Å². The van der Waals surface area contributed by atoms with Gasteiger partial charge in [0.25, 0.3) is 5.91 Å². The molecule has 2 N–H and O–H groups in total.